The molecular weight excluding hydrogens is 318 g/mol. The number of hydrogen-bond donors (Lipinski definition) is 1. The average molecular weight is 344 g/mol. The molecule has 1 fully saturated rings. The van der Waals surface area contributed by atoms with Crippen molar-refractivity contribution in [3.8, 4) is 0 Å². The van der Waals surface area contributed by atoms with E-state index in [4.69, 9.17) is 11.6 Å². The summed E-state index contributed by atoms with van der Waals surface area (Å²) in [5, 5.41) is 11.2. The number of likely N-dealkylation sites (tertiary alicyclic amines) is 1. The Morgan fingerprint density at radius 3 is 2.58 bits per heavy atom. The molecule has 3 rings (SSSR count). The second-order valence-corrected chi connectivity index (χ2v) is 7.30. The molecule has 2 aromatic rings. The van der Waals surface area contributed by atoms with E-state index < -0.39 is 6.10 Å². The highest BCUT2D eigenvalue weighted by Crippen LogP contribution is 2.24. The summed E-state index contributed by atoms with van der Waals surface area (Å²) in [5.41, 5.74) is 2.38. The van der Waals surface area contributed by atoms with Crippen LogP contribution < -0.4 is 0 Å². The minimum absolute atomic E-state index is 0.435. The minimum atomic E-state index is -0.435. The monoisotopic (exact) mass is 343 g/mol. The summed E-state index contributed by atoms with van der Waals surface area (Å²) >= 11 is 5.92. The second kappa shape index (κ2) is 8.66. The van der Waals surface area contributed by atoms with Gasteiger partial charge >= 0.3 is 0 Å². The van der Waals surface area contributed by atoms with Crippen LogP contribution in [0.1, 0.15) is 36.5 Å². The molecule has 2 nitrogen and oxygen atoms in total. The van der Waals surface area contributed by atoms with Crippen molar-refractivity contribution in [3.05, 3.63) is 70.7 Å². The van der Waals surface area contributed by atoms with Gasteiger partial charge in [-0.05, 0) is 61.4 Å². The van der Waals surface area contributed by atoms with Gasteiger partial charge in [-0.3, -0.25) is 0 Å². The first-order chi connectivity index (χ1) is 11.7. The average Bonchev–Trinajstić information content (AvgIpc) is 2.62. The normalized spacial score (nSPS) is 20.0. The molecule has 1 saturated heterocycles. The van der Waals surface area contributed by atoms with Crippen LogP contribution in [0.4, 0.5) is 0 Å². The fraction of sp³-hybridized carbons (Fsp3) is 0.429. The summed E-state index contributed by atoms with van der Waals surface area (Å²) in [6, 6.07) is 18.3. The lowest BCUT2D eigenvalue weighted by molar-refractivity contribution is 0.0827. The fourth-order valence-electron chi connectivity index (χ4n) is 3.60. The molecule has 24 heavy (non-hydrogen) atoms. The number of piperidine rings is 1. The van der Waals surface area contributed by atoms with Crippen molar-refractivity contribution in [1.29, 1.82) is 0 Å². The number of nitrogens with zero attached hydrogens (tertiary/aromatic N) is 1. The Morgan fingerprint density at radius 2 is 1.83 bits per heavy atom. The van der Waals surface area contributed by atoms with E-state index in [1.807, 2.05) is 24.3 Å². The van der Waals surface area contributed by atoms with Crippen LogP contribution in [-0.4, -0.2) is 29.6 Å². The van der Waals surface area contributed by atoms with Gasteiger partial charge in [0, 0.05) is 18.1 Å². The Kier molecular flexibility index (Phi) is 6.30. The van der Waals surface area contributed by atoms with Gasteiger partial charge in [0.15, 0.2) is 0 Å². The summed E-state index contributed by atoms with van der Waals surface area (Å²) < 4.78 is 0. The molecule has 0 spiro atoms. The van der Waals surface area contributed by atoms with Crippen molar-refractivity contribution in [1.82, 2.24) is 4.90 Å². The van der Waals surface area contributed by atoms with E-state index >= 15 is 0 Å². The minimum Gasteiger partial charge on any atom is -0.387 e. The van der Waals surface area contributed by atoms with Gasteiger partial charge in [-0.2, -0.15) is 0 Å². The first-order valence-corrected chi connectivity index (χ1v) is 9.28. The van der Waals surface area contributed by atoms with Crippen molar-refractivity contribution in [3.63, 3.8) is 0 Å². The van der Waals surface area contributed by atoms with Crippen LogP contribution in [0.3, 0.4) is 0 Å². The van der Waals surface area contributed by atoms with Crippen molar-refractivity contribution < 1.29 is 5.11 Å². The van der Waals surface area contributed by atoms with Gasteiger partial charge in [-0.1, -0.05) is 54.1 Å². The maximum absolute atomic E-state index is 10.5. The van der Waals surface area contributed by atoms with Crippen LogP contribution in [-0.2, 0) is 6.42 Å². The van der Waals surface area contributed by atoms with Crippen molar-refractivity contribution in [2.75, 3.05) is 19.6 Å². The zero-order valence-electron chi connectivity index (χ0n) is 14.1. The predicted molar refractivity (Wildman–Crippen MR) is 100 cm³/mol. The first-order valence-electron chi connectivity index (χ1n) is 8.90. The van der Waals surface area contributed by atoms with Crippen LogP contribution in [0.15, 0.2) is 54.6 Å². The largest absolute Gasteiger partial charge is 0.387 e. The molecule has 0 radical (unpaired) electrons. The first kappa shape index (κ1) is 17.5. The van der Waals surface area contributed by atoms with E-state index in [-0.39, 0.29) is 0 Å². The number of hydrogen-bond acceptors (Lipinski definition) is 2. The maximum atomic E-state index is 10.5. The Morgan fingerprint density at radius 1 is 1.08 bits per heavy atom. The maximum Gasteiger partial charge on any atom is 0.0916 e. The molecule has 128 valence electrons. The van der Waals surface area contributed by atoms with E-state index in [2.05, 4.69) is 35.2 Å². The van der Waals surface area contributed by atoms with E-state index in [1.54, 1.807) is 0 Å². The van der Waals surface area contributed by atoms with Crippen molar-refractivity contribution in [2.45, 2.75) is 31.8 Å². The Hall–Kier alpha value is -1.35. The highest BCUT2D eigenvalue weighted by Gasteiger charge is 2.22. The summed E-state index contributed by atoms with van der Waals surface area (Å²) in [6.07, 6.45) is 4.49. The summed E-state index contributed by atoms with van der Waals surface area (Å²) in [7, 11) is 0. The molecule has 3 heteroatoms. The van der Waals surface area contributed by atoms with Crippen LogP contribution in [0.5, 0.6) is 0 Å². The molecule has 0 amide bonds. The van der Waals surface area contributed by atoms with E-state index in [0.29, 0.717) is 11.6 Å². The molecule has 0 unspecified atom stereocenters. The molecule has 1 N–H and O–H groups in total. The van der Waals surface area contributed by atoms with Gasteiger partial charge in [-0.15, -0.1) is 0 Å². The summed E-state index contributed by atoms with van der Waals surface area (Å²) in [4.78, 5) is 2.42. The van der Waals surface area contributed by atoms with Gasteiger partial charge in [-0.25, -0.2) is 0 Å². The third-order valence-electron chi connectivity index (χ3n) is 4.97. The highest BCUT2D eigenvalue weighted by molar-refractivity contribution is 6.30. The lowest BCUT2D eigenvalue weighted by atomic mass is 9.91. The molecule has 0 bridgehead atoms. The van der Waals surface area contributed by atoms with E-state index in [0.717, 1.165) is 31.0 Å². The summed E-state index contributed by atoms with van der Waals surface area (Å²) in [6.45, 7) is 2.90. The third-order valence-corrected chi connectivity index (χ3v) is 5.23. The van der Waals surface area contributed by atoms with Crippen LogP contribution >= 0.6 is 11.6 Å². The molecule has 1 aliphatic rings. The number of aryl methyl sites for hydroxylation is 1. The van der Waals surface area contributed by atoms with Gasteiger partial charge < -0.3 is 10.0 Å². The quantitative estimate of drug-likeness (QED) is 0.820. The van der Waals surface area contributed by atoms with Crippen molar-refractivity contribution >= 4 is 11.6 Å². The van der Waals surface area contributed by atoms with Gasteiger partial charge in [0.25, 0.3) is 0 Å². The molecule has 1 heterocycles. The molecule has 0 aliphatic carbocycles. The highest BCUT2D eigenvalue weighted by atomic mass is 35.5. The van der Waals surface area contributed by atoms with Crippen LogP contribution in [0.25, 0.3) is 0 Å². The van der Waals surface area contributed by atoms with Crippen LogP contribution in [0, 0.1) is 5.92 Å². The zero-order valence-corrected chi connectivity index (χ0v) is 14.8. The Labute approximate surface area is 150 Å². The van der Waals surface area contributed by atoms with Crippen LogP contribution in [0.2, 0.25) is 5.02 Å². The zero-order chi connectivity index (χ0) is 16.8. The second-order valence-electron chi connectivity index (χ2n) is 6.86. The number of aliphatic hydroxyl groups excluding tert-OH is 1. The molecule has 2 atom stereocenters. The van der Waals surface area contributed by atoms with Crippen molar-refractivity contribution in [2.24, 2.45) is 5.92 Å². The lowest BCUT2D eigenvalue weighted by Crippen LogP contribution is -2.38. The molecular formula is C21H26ClNO. The molecule has 1 aliphatic heterocycles. The van der Waals surface area contributed by atoms with E-state index in [1.165, 1.54) is 24.8 Å². The number of rotatable bonds is 6. The number of aliphatic hydroxyl groups is 1. The Bertz CT molecular complexity index is 613. The van der Waals surface area contributed by atoms with Gasteiger partial charge in [0.2, 0.25) is 0 Å². The van der Waals surface area contributed by atoms with Gasteiger partial charge in [0.05, 0.1) is 6.10 Å². The lowest BCUT2D eigenvalue weighted by Gasteiger charge is -2.34. The van der Waals surface area contributed by atoms with Gasteiger partial charge in [0.1, 0.15) is 0 Å². The predicted octanol–water partition coefficient (Wildman–Crippen LogP) is 4.72. The smallest absolute Gasteiger partial charge is 0.0916 e. The van der Waals surface area contributed by atoms with E-state index in [9.17, 15) is 5.11 Å². The molecule has 0 aromatic heterocycles. The summed E-state index contributed by atoms with van der Waals surface area (Å²) in [5.74, 6) is 0.733. The molecule has 0 saturated carbocycles. The standard InChI is InChI=1S/C21H26ClNO/c22-20-12-10-19(11-13-20)21(24)16-23-14-4-7-18(15-23)9-8-17-5-2-1-3-6-17/h1-3,5-6,10-13,18,21,24H,4,7-9,14-16H2/t18-,21-/m1/s1. The topological polar surface area (TPSA) is 23.5 Å². The SMILES string of the molecule is O[C@H](CN1CCC[C@H](CCc2ccccc2)C1)c1ccc(Cl)cc1. The third kappa shape index (κ3) is 5.07. The number of β-amino-alcohol motifs (C(OH)–C–C–N with tert-alkyl or cyclic N) is 1. The fourth-order valence-corrected chi connectivity index (χ4v) is 3.73. The number of halogens is 1. The molecule has 2 aromatic carbocycles. The number of benzene rings is 2. The Balaban J connectivity index is 1.49.